The molecular weight excluding hydrogens is 356 g/mol. The monoisotopic (exact) mass is 369 g/mol. The van der Waals surface area contributed by atoms with E-state index in [-0.39, 0.29) is 23.7 Å². The molecule has 7 nitrogen and oxygen atoms in total. The summed E-state index contributed by atoms with van der Waals surface area (Å²) in [5.41, 5.74) is 2.45. The van der Waals surface area contributed by atoms with Gasteiger partial charge in [-0.05, 0) is 17.7 Å². The fraction of sp³-hybridized carbons (Fsp3) is 0.111. The molecule has 0 radical (unpaired) electrons. The third-order valence-corrected chi connectivity index (χ3v) is 3.94. The minimum atomic E-state index is -0.713. The van der Waals surface area contributed by atoms with Crippen LogP contribution in [-0.2, 0) is 6.42 Å². The summed E-state index contributed by atoms with van der Waals surface area (Å²) in [5, 5.41) is 10.8. The van der Waals surface area contributed by atoms with Gasteiger partial charge in [0.1, 0.15) is 17.8 Å². The predicted octanol–water partition coefficient (Wildman–Crippen LogP) is 3.40. The van der Waals surface area contributed by atoms with Gasteiger partial charge in [0.05, 0.1) is 30.3 Å². The molecule has 1 aromatic carbocycles. The summed E-state index contributed by atoms with van der Waals surface area (Å²) in [4.78, 5) is 7.78. The van der Waals surface area contributed by atoms with Gasteiger partial charge >= 0.3 is 0 Å². The van der Waals surface area contributed by atoms with Crippen LogP contribution in [0.1, 0.15) is 11.3 Å². The largest absolute Gasteiger partial charge is 0.479 e. The Bertz CT molecular complexity index is 1080. The maximum atomic E-state index is 15.0. The molecule has 0 amide bonds. The molecular formula is C18H13F2N5O2. The molecule has 1 N–H and O–H groups in total. The van der Waals surface area contributed by atoms with E-state index in [4.69, 9.17) is 9.26 Å². The summed E-state index contributed by atoms with van der Waals surface area (Å²) >= 11 is 0. The van der Waals surface area contributed by atoms with Gasteiger partial charge in [0.2, 0.25) is 5.82 Å². The first-order chi connectivity index (χ1) is 13.2. The Balaban J connectivity index is 1.65. The Morgan fingerprint density at radius 2 is 2.11 bits per heavy atom. The van der Waals surface area contributed by atoms with Crippen LogP contribution in [-0.4, -0.2) is 32.4 Å². The van der Waals surface area contributed by atoms with Crippen LogP contribution in [0, 0.1) is 11.6 Å². The molecule has 0 bridgehead atoms. The molecule has 3 aromatic heterocycles. The van der Waals surface area contributed by atoms with Crippen LogP contribution in [0.3, 0.4) is 0 Å². The molecule has 3 heterocycles. The van der Waals surface area contributed by atoms with E-state index in [1.807, 2.05) is 0 Å². The topological polar surface area (TPSA) is 89.7 Å². The van der Waals surface area contributed by atoms with Crippen LogP contribution in [0.2, 0.25) is 0 Å². The Labute approximate surface area is 152 Å². The average Bonchev–Trinajstić information content (AvgIpc) is 3.36. The maximum Gasteiger partial charge on any atom is 0.253 e. The van der Waals surface area contributed by atoms with Crippen molar-refractivity contribution < 1.29 is 18.0 Å². The molecule has 0 spiro atoms. The van der Waals surface area contributed by atoms with Gasteiger partial charge in [0.15, 0.2) is 5.82 Å². The number of halogens is 2. The highest BCUT2D eigenvalue weighted by atomic mass is 19.1. The van der Waals surface area contributed by atoms with Crippen molar-refractivity contribution in [1.82, 2.24) is 25.3 Å². The zero-order chi connectivity index (χ0) is 18.8. The SMILES string of the molecule is COc1nc(-c2cccc(Cc3cc(-c4ccon4)[nH]n3)c2F)ncc1F. The van der Waals surface area contributed by atoms with Gasteiger partial charge in [0.25, 0.3) is 5.88 Å². The summed E-state index contributed by atoms with van der Waals surface area (Å²) < 4.78 is 38.1. The molecule has 0 saturated carbocycles. The Kier molecular flexibility index (Phi) is 4.33. The fourth-order valence-electron chi connectivity index (χ4n) is 2.64. The number of nitrogens with one attached hydrogen (secondary N) is 1. The number of benzene rings is 1. The predicted molar refractivity (Wildman–Crippen MR) is 90.8 cm³/mol. The van der Waals surface area contributed by atoms with E-state index in [0.29, 0.717) is 22.6 Å². The molecule has 0 aliphatic carbocycles. The highest BCUT2D eigenvalue weighted by Gasteiger charge is 2.16. The van der Waals surface area contributed by atoms with Crippen molar-refractivity contribution in [2.24, 2.45) is 0 Å². The number of rotatable bonds is 5. The molecule has 4 aromatic rings. The summed E-state index contributed by atoms with van der Waals surface area (Å²) in [6.07, 6.45) is 2.65. The second-order valence-corrected chi connectivity index (χ2v) is 5.66. The summed E-state index contributed by atoms with van der Waals surface area (Å²) in [6.45, 7) is 0. The third kappa shape index (κ3) is 3.26. The second kappa shape index (κ2) is 6.94. The van der Waals surface area contributed by atoms with Gasteiger partial charge in [-0.25, -0.2) is 9.37 Å². The van der Waals surface area contributed by atoms with Crippen molar-refractivity contribution in [3.8, 4) is 28.7 Å². The highest BCUT2D eigenvalue weighted by Crippen LogP contribution is 2.26. The second-order valence-electron chi connectivity index (χ2n) is 5.66. The first-order valence-corrected chi connectivity index (χ1v) is 7.95. The van der Waals surface area contributed by atoms with E-state index in [2.05, 4.69) is 25.3 Å². The maximum absolute atomic E-state index is 15.0. The van der Waals surface area contributed by atoms with Crippen LogP contribution in [0.5, 0.6) is 5.88 Å². The van der Waals surface area contributed by atoms with E-state index in [1.165, 1.54) is 19.4 Å². The average molecular weight is 369 g/mol. The highest BCUT2D eigenvalue weighted by molar-refractivity contribution is 5.58. The molecule has 136 valence electrons. The first-order valence-electron chi connectivity index (χ1n) is 7.95. The van der Waals surface area contributed by atoms with E-state index < -0.39 is 11.6 Å². The van der Waals surface area contributed by atoms with Gasteiger partial charge in [0, 0.05) is 12.5 Å². The molecule has 9 heteroatoms. The molecule has 0 saturated heterocycles. The number of hydrogen-bond acceptors (Lipinski definition) is 6. The quantitative estimate of drug-likeness (QED) is 0.580. The van der Waals surface area contributed by atoms with Crippen LogP contribution in [0.15, 0.2) is 47.3 Å². The summed E-state index contributed by atoms with van der Waals surface area (Å²) in [6, 6.07) is 8.30. The first kappa shape index (κ1) is 16.8. The van der Waals surface area contributed by atoms with Crippen LogP contribution in [0.4, 0.5) is 8.78 Å². The van der Waals surface area contributed by atoms with Gasteiger partial charge in [-0.15, -0.1) is 0 Å². The smallest absolute Gasteiger partial charge is 0.253 e. The Morgan fingerprint density at radius 3 is 2.89 bits per heavy atom. The standard InChI is InChI=1S/C18H13F2N5O2/c1-26-18-13(19)9-21-17(22-18)12-4-2-3-10(16(12)20)7-11-8-15(24-23-11)14-5-6-27-25-14/h2-6,8-9H,7H2,1H3,(H,23,24). The van der Waals surface area contributed by atoms with Crippen molar-refractivity contribution in [3.63, 3.8) is 0 Å². The number of H-pyrrole nitrogens is 1. The molecule has 4 rings (SSSR count). The van der Waals surface area contributed by atoms with E-state index in [1.54, 1.807) is 24.3 Å². The van der Waals surface area contributed by atoms with E-state index in [0.717, 1.165) is 6.20 Å². The zero-order valence-electron chi connectivity index (χ0n) is 14.1. The van der Waals surface area contributed by atoms with E-state index in [9.17, 15) is 8.78 Å². The molecule has 0 aliphatic rings. The van der Waals surface area contributed by atoms with Crippen LogP contribution >= 0.6 is 0 Å². The van der Waals surface area contributed by atoms with E-state index >= 15 is 0 Å². The number of aromatic amines is 1. The van der Waals surface area contributed by atoms with Crippen LogP contribution in [0.25, 0.3) is 22.8 Å². The summed E-state index contributed by atoms with van der Waals surface area (Å²) in [5.74, 6) is -1.42. The molecule has 0 aliphatic heterocycles. The van der Waals surface area contributed by atoms with Crippen molar-refractivity contribution in [1.29, 1.82) is 0 Å². The molecule has 0 atom stereocenters. The zero-order valence-corrected chi connectivity index (χ0v) is 14.1. The minimum absolute atomic E-state index is 0.0397. The number of ether oxygens (including phenoxy) is 1. The number of aromatic nitrogens is 5. The normalized spacial score (nSPS) is 10.9. The van der Waals surface area contributed by atoms with Crippen LogP contribution < -0.4 is 4.74 Å². The molecule has 27 heavy (non-hydrogen) atoms. The third-order valence-electron chi connectivity index (χ3n) is 3.94. The van der Waals surface area contributed by atoms with Crippen molar-refractivity contribution in [3.05, 3.63) is 65.7 Å². The Hall–Kier alpha value is -3.62. The lowest BCUT2D eigenvalue weighted by atomic mass is 10.0. The fourth-order valence-corrected chi connectivity index (χ4v) is 2.64. The van der Waals surface area contributed by atoms with Gasteiger partial charge < -0.3 is 9.26 Å². The molecule has 0 unspecified atom stereocenters. The minimum Gasteiger partial charge on any atom is -0.479 e. The van der Waals surface area contributed by atoms with Crippen molar-refractivity contribution in [2.75, 3.05) is 7.11 Å². The van der Waals surface area contributed by atoms with Crippen molar-refractivity contribution >= 4 is 0 Å². The number of methoxy groups -OCH3 is 1. The number of nitrogens with zero attached hydrogens (tertiary/aromatic N) is 4. The Morgan fingerprint density at radius 1 is 1.22 bits per heavy atom. The van der Waals surface area contributed by atoms with Gasteiger partial charge in [-0.1, -0.05) is 17.3 Å². The number of hydrogen-bond donors (Lipinski definition) is 1. The lowest BCUT2D eigenvalue weighted by molar-refractivity contribution is 0.367. The lowest BCUT2D eigenvalue weighted by Crippen LogP contribution is -2.01. The summed E-state index contributed by atoms with van der Waals surface area (Å²) in [7, 11) is 1.28. The molecule has 0 fully saturated rings. The van der Waals surface area contributed by atoms with Gasteiger partial charge in [-0.2, -0.15) is 14.5 Å². The van der Waals surface area contributed by atoms with Crippen molar-refractivity contribution in [2.45, 2.75) is 6.42 Å². The lowest BCUT2D eigenvalue weighted by Gasteiger charge is -2.08. The van der Waals surface area contributed by atoms with Gasteiger partial charge in [-0.3, -0.25) is 5.10 Å².